The number of benzene rings is 1. The average Bonchev–Trinajstić information content (AvgIpc) is 2.34. The van der Waals surface area contributed by atoms with E-state index < -0.39 is 5.54 Å². The number of rotatable bonds is 4. The molecule has 1 atom stereocenters. The van der Waals surface area contributed by atoms with Gasteiger partial charge in [-0.25, -0.2) is 0 Å². The zero-order chi connectivity index (χ0) is 13.2. The number of hydrogen-bond acceptors (Lipinski definition) is 3. The summed E-state index contributed by atoms with van der Waals surface area (Å²) in [6, 6.07) is 9.41. The summed E-state index contributed by atoms with van der Waals surface area (Å²) in [5.74, 6) is -0.151. The van der Waals surface area contributed by atoms with Gasteiger partial charge in [0.1, 0.15) is 5.54 Å². The number of ether oxygens (including phenoxy) is 1. The van der Waals surface area contributed by atoms with Crippen LogP contribution in [0.2, 0.25) is 0 Å². The van der Waals surface area contributed by atoms with Gasteiger partial charge in [-0.1, -0.05) is 37.3 Å². The van der Waals surface area contributed by atoms with E-state index in [2.05, 4.69) is 12.2 Å². The Bertz CT molecular complexity index is 425. The smallest absolute Gasteiger partial charge is 0.244 e. The van der Waals surface area contributed by atoms with Crippen LogP contribution < -0.4 is 11.1 Å². The number of carbonyl (C=O) groups is 1. The SMILES string of the molecule is CC1(CNC(=O)C(C)(N)c2ccccc2)COC1. The first-order chi connectivity index (χ1) is 8.44. The fourth-order valence-electron chi connectivity index (χ4n) is 1.95. The molecule has 1 fully saturated rings. The van der Waals surface area contributed by atoms with Gasteiger partial charge in [0.05, 0.1) is 13.2 Å². The Kier molecular flexibility index (Phi) is 3.41. The summed E-state index contributed by atoms with van der Waals surface area (Å²) in [6.45, 7) is 5.82. The van der Waals surface area contributed by atoms with Crippen molar-refractivity contribution in [1.82, 2.24) is 5.32 Å². The van der Waals surface area contributed by atoms with Crippen LogP contribution in [0.3, 0.4) is 0 Å². The minimum Gasteiger partial charge on any atom is -0.380 e. The summed E-state index contributed by atoms with van der Waals surface area (Å²) in [7, 11) is 0. The van der Waals surface area contributed by atoms with Crippen LogP contribution in [0, 0.1) is 5.41 Å². The van der Waals surface area contributed by atoms with Gasteiger partial charge in [-0.15, -0.1) is 0 Å². The molecule has 4 heteroatoms. The minimum absolute atomic E-state index is 0.0580. The van der Waals surface area contributed by atoms with Crippen molar-refractivity contribution in [3.63, 3.8) is 0 Å². The van der Waals surface area contributed by atoms with Crippen molar-refractivity contribution in [1.29, 1.82) is 0 Å². The predicted octanol–water partition coefficient (Wildman–Crippen LogP) is 1.01. The van der Waals surface area contributed by atoms with Crippen molar-refractivity contribution in [2.45, 2.75) is 19.4 Å². The van der Waals surface area contributed by atoms with Crippen LogP contribution in [-0.4, -0.2) is 25.7 Å². The molecule has 1 saturated heterocycles. The fraction of sp³-hybridized carbons (Fsp3) is 0.500. The largest absolute Gasteiger partial charge is 0.380 e. The van der Waals surface area contributed by atoms with Gasteiger partial charge in [-0.3, -0.25) is 4.79 Å². The third-order valence-electron chi connectivity index (χ3n) is 3.42. The Hall–Kier alpha value is -1.39. The lowest BCUT2D eigenvalue weighted by molar-refractivity contribution is -0.131. The highest BCUT2D eigenvalue weighted by Gasteiger charge is 2.36. The third kappa shape index (κ3) is 2.54. The minimum atomic E-state index is -0.998. The Morgan fingerprint density at radius 1 is 1.44 bits per heavy atom. The lowest BCUT2D eigenvalue weighted by Gasteiger charge is -2.38. The molecule has 18 heavy (non-hydrogen) atoms. The van der Waals surface area contributed by atoms with Crippen molar-refractivity contribution < 1.29 is 9.53 Å². The van der Waals surface area contributed by atoms with E-state index in [0.717, 1.165) is 5.56 Å². The summed E-state index contributed by atoms with van der Waals surface area (Å²) in [5, 5.41) is 2.92. The van der Waals surface area contributed by atoms with Gasteiger partial charge in [0.25, 0.3) is 0 Å². The van der Waals surface area contributed by atoms with Crippen LogP contribution in [0.25, 0.3) is 0 Å². The second kappa shape index (κ2) is 4.71. The van der Waals surface area contributed by atoms with Crippen LogP contribution in [0.15, 0.2) is 30.3 Å². The van der Waals surface area contributed by atoms with Crippen LogP contribution in [0.5, 0.6) is 0 Å². The van der Waals surface area contributed by atoms with Crippen molar-refractivity contribution in [3.8, 4) is 0 Å². The quantitative estimate of drug-likeness (QED) is 0.836. The van der Waals surface area contributed by atoms with Crippen LogP contribution >= 0.6 is 0 Å². The van der Waals surface area contributed by atoms with E-state index >= 15 is 0 Å². The molecule has 4 nitrogen and oxygen atoms in total. The van der Waals surface area contributed by atoms with Crippen LogP contribution in [-0.2, 0) is 15.1 Å². The molecule has 0 aromatic heterocycles. The zero-order valence-electron chi connectivity index (χ0n) is 10.9. The Morgan fingerprint density at radius 3 is 2.56 bits per heavy atom. The van der Waals surface area contributed by atoms with Gasteiger partial charge >= 0.3 is 0 Å². The maximum absolute atomic E-state index is 12.2. The van der Waals surface area contributed by atoms with Gasteiger partial charge in [-0.2, -0.15) is 0 Å². The molecule has 0 aliphatic carbocycles. The molecule has 98 valence electrons. The van der Waals surface area contributed by atoms with Gasteiger partial charge in [0.15, 0.2) is 0 Å². The molecule has 1 aliphatic heterocycles. The Balaban J connectivity index is 1.99. The molecule has 0 saturated carbocycles. The van der Waals surface area contributed by atoms with E-state index in [9.17, 15) is 4.79 Å². The maximum Gasteiger partial charge on any atom is 0.244 e. The van der Waals surface area contributed by atoms with Crippen LogP contribution in [0.1, 0.15) is 19.4 Å². The molecule has 1 amide bonds. The molecule has 2 rings (SSSR count). The predicted molar refractivity (Wildman–Crippen MR) is 69.9 cm³/mol. The van der Waals surface area contributed by atoms with Gasteiger partial charge in [-0.05, 0) is 12.5 Å². The van der Waals surface area contributed by atoms with Crippen molar-refractivity contribution >= 4 is 5.91 Å². The summed E-state index contributed by atoms with van der Waals surface area (Å²) in [4.78, 5) is 12.2. The number of nitrogens with one attached hydrogen (secondary N) is 1. The standard InChI is InChI=1S/C14H20N2O2/c1-13(9-18-10-13)8-16-12(17)14(2,15)11-6-4-3-5-7-11/h3-7H,8-10,15H2,1-2H3,(H,16,17). The first kappa shape index (κ1) is 13.1. The molecular formula is C14H20N2O2. The van der Waals surface area contributed by atoms with E-state index in [0.29, 0.717) is 19.8 Å². The van der Waals surface area contributed by atoms with E-state index in [-0.39, 0.29) is 11.3 Å². The highest BCUT2D eigenvalue weighted by atomic mass is 16.5. The van der Waals surface area contributed by atoms with E-state index in [1.54, 1.807) is 6.92 Å². The molecule has 0 radical (unpaired) electrons. The molecule has 3 N–H and O–H groups in total. The number of nitrogens with two attached hydrogens (primary N) is 1. The van der Waals surface area contributed by atoms with Crippen molar-refractivity contribution in [3.05, 3.63) is 35.9 Å². The monoisotopic (exact) mass is 248 g/mol. The molecule has 1 unspecified atom stereocenters. The maximum atomic E-state index is 12.2. The first-order valence-corrected chi connectivity index (χ1v) is 6.15. The van der Waals surface area contributed by atoms with Crippen molar-refractivity contribution in [2.24, 2.45) is 11.1 Å². The van der Waals surface area contributed by atoms with Crippen molar-refractivity contribution in [2.75, 3.05) is 19.8 Å². The molecule has 1 aromatic rings. The number of hydrogen-bond donors (Lipinski definition) is 2. The van der Waals surface area contributed by atoms with Gasteiger partial charge < -0.3 is 15.8 Å². The zero-order valence-corrected chi connectivity index (χ0v) is 10.9. The molecule has 0 spiro atoms. The first-order valence-electron chi connectivity index (χ1n) is 6.15. The summed E-state index contributed by atoms with van der Waals surface area (Å²) in [6.07, 6.45) is 0. The number of carbonyl (C=O) groups excluding carboxylic acids is 1. The lowest BCUT2D eigenvalue weighted by atomic mass is 9.87. The summed E-state index contributed by atoms with van der Waals surface area (Å²) >= 11 is 0. The van der Waals surface area contributed by atoms with Crippen LogP contribution in [0.4, 0.5) is 0 Å². The molecule has 1 heterocycles. The second-order valence-electron chi connectivity index (χ2n) is 5.55. The highest BCUT2D eigenvalue weighted by molar-refractivity contribution is 5.87. The third-order valence-corrected chi connectivity index (χ3v) is 3.42. The number of amides is 1. The van der Waals surface area contributed by atoms with E-state index in [1.165, 1.54) is 0 Å². The highest BCUT2D eigenvalue weighted by Crippen LogP contribution is 2.26. The summed E-state index contributed by atoms with van der Waals surface area (Å²) in [5.41, 5.74) is 6.00. The Morgan fingerprint density at radius 2 is 2.06 bits per heavy atom. The molecule has 1 aromatic carbocycles. The average molecular weight is 248 g/mol. The summed E-state index contributed by atoms with van der Waals surface area (Å²) < 4.78 is 5.16. The topological polar surface area (TPSA) is 64.4 Å². The lowest BCUT2D eigenvalue weighted by Crippen LogP contribution is -2.54. The van der Waals surface area contributed by atoms with E-state index in [4.69, 9.17) is 10.5 Å². The van der Waals surface area contributed by atoms with Gasteiger partial charge in [0, 0.05) is 12.0 Å². The second-order valence-corrected chi connectivity index (χ2v) is 5.55. The molecule has 1 aliphatic rings. The van der Waals surface area contributed by atoms with Gasteiger partial charge in [0.2, 0.25) is 5.91 Å². The Labute approximate surface area is 108 Å². The molecule has 0 bridgehead atoms. The fourth-order valence-corrected chi connectivity index (χ4v) is 1.95. The molecular weight excluding hydrogens is 228 g/mol. The normalized spacial score (nSPS) is 20.6. The van der Waals surface area contributed by atoms with E-state index in [1.807, 2.05) is 30.3 Å².